The van der Waals surface area contributed by atoms with Crippen LogP contribution in [0.15, 0.2) is 5.38 Å². The van der Waals surface area contributed by atoms with E-state index >= 15 is 0 Å². The van der Waals surface area contributed by atoms with Crippen molar-refractivity contribution in [1.82, 2.24) is 15.6 Å². The van der Waals surface area contributed by atoms with Gasteiger partial charge in [0.05, 0.1) is 16.1 Å². The van der Waals surface area contributed by atoms with E-state index in [1.165, 1.54) is 0 Å². The van der Waals surface area contributed by atoms with Crippen molar-refractivity contribution in [2.75, 3.05) is 13.6 Å². The average Bonchev–Trinajstić information content (AvgIpc) is 2.71. The Kier molecular flexibility index (Phi) is 4.65. The van der Waals surface area contributed by atoms with Gasteiger partial charge in [-0.2, -0.15) is 0 Å². The van der Waals surface area contributed by atoms with Crippen molar-refractivity contribution >= 4 is 17.2 Å². The van der Waals surface area contributed by atoms with Gasteiger partial charge < -0.3 is 10.6 Å². The van der Waals surface area contributed by atoms with Crippen LogP contribution in [0.1, 0.15) is 37.5 Å². The molecule has 96 valence electrons. The van der Waals surface area contributed by atoms with Gasteiger partial charge in [-0.25, -0.2) is 4.98 Å². The molecule has 0 bridgehead atoms. The number of hydrogen-bond acceptors (Lipinski definition) is 4. The Bertz CT molecular complexity index is 387. The lowest BCUT2D eigenvalue weighted by atomic mass is 9.92. The van der Waals surface area contributed by atoms with Crippen molar-refractivity contribution < 1.29 is 4.79 Å². The maximum absolute atomic E-state index is 11.6. The van der Waals surface area contributed by atoms with Gasteiger partial charge in [-0.3, -0.25) is 4.79 Å². The van der Waals surface area contributed by atoms with Gasteiger partial charge >= 0.3 is 0 Å². The van der Waals surface area contributed by atoms with E-state index < -0.39 is 5.41 Å². The normalized spacial score (nSPS) is 13.5. The van der Waals surface area contributed by atoms with Gasteiger partial charge in [-0.15, -0.1) is 11.3 Å². The van der Waals surface area contributed by atoms with Crippen molar-refractivity contribution in [1.29, 1.82) is 0 Å². The summed E-state index contributed by atoms with van der Waals surface area (Å²) < 4.78 is 0. The second-order valence-electron chi connectivity index (χ2n) is 4.86. The molecule has 1 amide bonds. The zero-order valence-corrected chi connectivity index (χ0v) is 11.9. The molecule has 0 fully saturated rings. The van der Waals surface area contributed by atoms with E-state index in [1.54, 1.807) is 18.4 Å². The van der Waals surface area contributed by atoms with Crippen LogP contribution < -0.4 is 10.6 Å². The molecule has 0 aliphatic heterocycles. The summed E-state index contributed by atoms with van der Waals surface area (Å²) in [5.74, 6) is 0.0478. The lowest BCUT2D eigenvalue weighted by molar-refractivity contribution is -0.128. The van der Waals surface area contributed by atoms with Crippen LogP contribution in [-0.4, -0.2) is 24.5 Å². The zero-order chi connectivity index (χ0) is 13.1. The summed E-state index contributed by atoms with van der Waals surface area (Å²) >= 11 is 1.65. The van der Waals surface area contributed by atoms with Gasteiger partial charge in [0, 0.05) is 25.0 Å². The van der Waals surface area contributed by atoms with Crippen LogP contribution in [0.25, 0.3) is 0 Å². The highest BCUT2D eigenvalue weighted by atomic mass is 32.1. The smallest absolute Gasteiger partial charge is 0.226 e. The van der Waals surface area contributed by atoms with E-state index in [0.29, 0.717) is 6.54 Å². The summed E-state index contributed by atoms with van der Waals surface area (Å²) in [5, 5.41) is 9.16. The predicted molar refractivity (Wildman–Crippen MR) is 71.1 cm³/mol. The largest absolute Gasteiger partial charge is 0.359 e. The van der Waals surface area contributed by atoms with E-state index in [0.717, 1.165) is 10.7 Å². The molecule has 0 aliphatic carbocycles. The molecule has 1 atom stereocenters. The second-order valence-corrected chi connectivity index (χ2v) is 5.92. The monoisotopic (exact) mass is 255 g/mol. The van der Waals surface area contributed by atoms with E-state index in [9.17, 15) is 4.79 Å². The molecule has 0 aromatic carbocycles. The summed E-state index contributed by atoms with van der Waals surface area (Å²) in [6.45, 7) is 8.55. The highest BCUT2D eigenvalue weighted by Crippen LogP contribution is 2.19. The molecule has 0 radical (unpaired) electrons. The molecule has 1 heterocycles. The number of nitrogens with zero attached hydrogens (tertiary/aromatic N) is 1. The third-order valence-corrected chi connectivity index (χ3v) is 3.56. The minimum absolute atomic E-state index is 0.0478. The highest BCUT2D eigenvalue weighted by Gasteiger charge is 2.27. The standard InChI is InChI=1S/C12H21N3OS/c1-8(10-6-17-9(2)15-10)14-7-12(3,4)11(16)13-5/h6,8,14H,7H2,1-5H3,(H,13,16). The number of aromatic nitrogens is 1. The zero-order valence-electron chi connectivity index (χ0n) is 11.1. The average molecular weight is 255 g/mol. The SMILES string of the molecule is CNC(=O)C(C)(C)CNC(C)c1csc(C)n1. The number of carbonyl (C=O) groups is 1. The molecule has 1 unspecified atom stereocenters. The number of rotatable bonds is 5. The number of nitrogens with one attached hydrogen (secondary N) is 2. The minimum atomic E-state index is -0.409. The quantitative estimate of drug-likeness (QED) is 0.844. The first-order valence-electron chi connectivity index (χ1n) is 5.74. The van der Waals surface area contributed by atoms with Crippen LogP contribution in [-0.2, 0) is 4.79 Å². The van der Waals surface area contributed by atoms with Crippen LogP contribution in [0.2, 0.25) is 0 Å². The van der Waals surface area contributed by atoms with Crippen LogP contribution in [0.3, 0.4) is 0 Å². The number of hydrogen-bond donors (Lipinski definition) is 2. The van der Waals surface area contributed by atoms with E-state index in [-0.39, 0.29) is 11.9 Å². The van der Waals surface area contributed by atoms with E-state index in [4.69, 9.17) is 0 Å². The predicted octanol–water partition coefficient (Wildman–Crippen LogP) is 1.87. The maximum Gasteiger partial charge on any atom is 0.226 e. The molecule has 1 aromatic rings. The summed E-state index contributed by atoms with van der Waals surface area (Å²) in [5.41, 5.74) is 0.633. The Balaban J connectivity index is 2.53. The maximum atomic E-state index is 11.6. The molecule has 0 aliphatic rings. The summed E-state index contributed by atoms with van der Waals surface area (Å²) in [4.78, 5) is 16.1. The molecular formula is C12H21N3OS. The van der Waals surface area contributed by atoms with Gasteiger partial charge in [-0.05, 0) is 27.7 Å². The van der Waals surface area contributed by atoms with Gasteiger partial charge in [0.15, 0.2) is 0 Å². The number of thiazole rings is 1. The molecule has 17 heavy (non-hydrogen) atoms. The van der Waals surface area contributed by atoms with Gasteiger partial charge in [0.25, 0.3) is 0 Å². The van der Waals surface area contributed by atoms with Crippen LogP contribution in [0.4, 0.5) is 0 Å². The number of amides is 1. The highest BCUT2D eigenvalue weighted by molar-refractivity contribution is 7.09. The topological polar surface area (TPSA) is 54.0 Å². The van der Waals surface area contributed by atoms with Crippen molar-refractivity contribution in [2.45, 2.75) is 33.7 Å². The minimum Gasteiger partial charge on any atom is -0.359 e. The summed E-state index contributed by atoms with van der Waals surface area (Å²) in [7, 11) is 1.66. The van der Waals surface area contributed by atoms with Gasteiger partial charge in [0.2, 0.25) is 5.91 Å². The van der Waals surface area contributed by atoms with Crippen molar-refractivity contribution in [3.8, 4) is 0 Å². The Hall–Kier alpha value is -0.940. The molecule has 1 aromatic heterocycles. The van der Waals surface area contributed by atoms with Crippen molar-refractivity contribution in [3.05, 3.63) is 16.1 Å². The van der Waals surface area contributed by atoms with Crippen LogP contribution in [0, 0.1) is 12.3 Å². The molecule has 5 heteroatoms. The molecule has 4 nitrogen and oxygen atoms in total. The van der Waals surface area contributed by atoms with Gasteiger partial charge in [-0.1, -0.05) is 0 Å². The third kappa shape index (κ3) is 3.78. The number of carbonyl (C=O) groups excluding carboxylic acids is 1. The van der Waals surface area contributed by atoms with Crippen LogP contribution in [0.5, 0.6) is 0 Å². The Morgan fingerprint density at radius 3 is 2.71 bits per heavy atom. The molecule has 0 spiro atoms. The molecular weight excluding hydrogens is 234 g/mol. The Morgan fingerprint density at radius 2 is 2.24 bits per heavy atom. The van der Waals surface area contributed by atoms with Crippen molar-refractivity contribution in [2.24, 2.45) is 5.41 Å². The molecule has 1 rings (SSSR count). The lowest BCUT2D eigenvalue weighted by Gasteiger charge is -2.24. The lowest BCUT2D eigenvalue weighted by Crippen LogP contribution is -2.42. The summed E-state index contributed by atoms with van der Waals surface area (Å²) in [6.07, 6.45) is 0. The first-order valence-corrected chi connectivity index (χ1v) is 6.62. The van der Waals surface area contributed by atoms with Gasteiger partial charge in [0.1, 0.15) is 0 Å². The first kappa shape index (κ1) is 14.1. The third-order valence-electron chi connectivity index (χ3n) is 2.77. The fourth-order valence-corrected chi connectivity index (χ4v) is 2.22. The van der Waals surface area contributed by atoms with E-state index in [1.807, 2.05) is 20.8 Å². The number of aryl methyl sites for hydroxylation is 1. The Labute approximate surface area is 107 Å². The fourth-order valence-electron chi connectivity index (χ4n) is 1.51. The summed E-state index contributed by atoms with van der Waals surface area (Å²) in [6, 6.07) is 0.170. The first-order chi connectivity index (χ1) is 7.86. The van der Waals surface area contributed by atoms with E-state index in [2.05, 4.69) is 27.9 Å². The second kappa shape index (κ2) is 5.60. The van der Waals surface area contributed by atoms with Crippen LogP contribution >= 0.6 is 11.3 Å². The molecule has 2 N–H and O–H groups in total. The molecule has 0 saturated heterocycles. The fraction of sp³-hybridized carbons (Fsp3) is 0.667. The Morgan fingerprint density at radius 1 is 1.59 bits per heavy atom. The molecule has 0 saturated carbocycles. The van der Waals surface area contributed by atoms with Crippen molar-refractivity contribution in [3.63, 3.8) is 0 Å².